The molecule has 0 aliphatic carbocycles. The van der Waals surface area contributed by atoms with Crippen LogP contribution < -0.4 is 0 Å². The number of H-pyrrole nitrogens is 2. The molecule has 0 saturated carbocycles. The number of hydrogen-bond acceptors (Lipinski definition) is 2. The summed E-state index contributed by atoms with van der Waals surface area (Å²) < 4.78 is 81.5. The minimum atomic E-state index is -5.64. The smallest absolute Gasteiger partial charge is 0.357 e. The summed E-state index contributed by atoms with van der Waals surface area (Å²) in [6, 6.07) is 13.7. The van der Waals surface area contributed by atoms with Gasteiger partial charge in [-0.1, -0.05) is 24.3 Å². The summed E-state index contributed by atoms with van der Waals surface area (Å²) in [5, 5.41) is 1.80. The maximum atomic E-state index is 14.4. The Hall–Kier alpha value is -2.98. The van der Waals surface area contributed by atoms with Gasteiger partial charge in [0.15, 0.2) is 0 Å². The molecule has 0 radical (unpaired) electrons. The molecule has 0 unspecified atom stereocenters. The van der Waals surface area contributed by atoms with E-state index in [2.05, 4.69) is 14.9 Å². The van der Waals surface area contributed by atoms with Crippen LogP contribution in [0.15, 0.2) is 48.5 Å². The van der Waals surface area contributed by atoms with Crippen molar-refractivity contribution in [1.29, 1.82) is 0 Å². The molecule has 0 spiro atoms. The number of hydrogen-bond donors (Lipinski definition) is 2. The molecule has 0 bridgehead atoms. The third kappa shape index (κ3) is 4.27. The van der Waals surface area contributed by atoms with Gasteiger partial charge >= 0.3 is 12.1 Å². The number of halogens is 6. The Bertz CT molecular complexity index is 1470. The molecule has 4 aromatic rings. The van der Waals surface area contributed by atoms with E-state index in [1.54, 1.807) is 13.0 Å². The van der Waals surface area contributed by atoms with Crippen LogP contribution in [0.25, 0.3) is 21.8 Å². The van der Waals surface area contributed by atoms with E-state index >= 15 is 0 Å². The van der Waals surface area contributed by atoms with E-state index in [4.69, 9.17) is 0 Å². The zero-order valence-corrected chi connectivity index (χ0v) is 20.8. The molecule has 4 heterocycles. The highest BCUT2D eigenvalue weighted by Crippen LogP contribution is 2.45. The normalized spacial score (nSPS) is 21.8. The van der Waals surface area contributed by atoms with Gasteiger partial charge in [0, 0.05) is 64.8 Å². The highest BCUT2D eigenvalue weighted by Gasteiger charge is 2.59. The van der Waals surface area contributed by atoms with Gasteiger partial charge in [0.1, 0.15) is 0 Å². The molecule has 38 heavy (non-hydrogen) atoms. The first-order valence-electron chi connectivity index (χ1n) is 12.7. The fraction of sp³-hybridized carbons (Fsp3) is 0.429. The molecule has 6 rings (SSSR count). The van der Waals surface area contributed by atoms with Gasteiger partial charge in [-0.15, -0.1) is 0 Å². The van der Waals surface area contributed by atoms with Crippen LogP contribution >= 0.6 is 0 Å². The Morgan fingerprint density at radius 2 is 1.71 bits per heavy atom. The third-order valence-corrected chi connectivity index (χ3v) is 7.97. The van der Waals surface area contributed by atoms with Gasteiger partial charge in [0.05, 0.1) is 19.3 Å². The zero-order chi connectivity index (χ0) is 26.8. The number of nitrogens with zero attached hydrogens (tertiary/aromatic N) is 2. The van der Waals surface area contributed by atoms with Crippen LogP contribution in [-0.2, 0) is 13.0 Å². The fourth-order valence-corrected chi connectivity index (χ4v) is 6.04. The van der Waals surface area contributed by atoms with Crippen molar-refractivity contribution in [3.8, 4) is 0 Å². The first-order valence-corrected chi connectivity index (χ1v) is 12.7. The Morgan fingerprint density at radius 3 is 2.45 bits per heavy atom. The van der Waals surface area contributed by atoms with Crippen molar-refractivity contribution in [3.05, 3.63) is 71.0 Å². The Morgan fingerprint density at radius 1 is 0.947 bits per heavy atom. The summed E-state index contributed by atoms with van der Waals surface area (Å²) in [6.45, 7) is 1.97. The van der Waals surface area contributed by atoms with Gasteiger partial charge in [-0.05, 0) is 48.7 Å². The van der Waals surface area contributed by atoms with E-state index < -0.39 is 30.7 Å². The lowest BCUT2D eigenvalue weighted by molar-refractivity contribution is -0.289. The van der Waals surface area contributed by atoms with Crippen LogP contribution in [0, 0.1) is 5.92 Å². The largest absolute Gasteiger partial charge is 0.454 e. The Kier molecular flexibility index (Phi) is 6.03. The molecule has 2 atom stereocenters. The summed E-state index contributed by atoms with van der Waals surface area (Å²) in [7, 11) is 0. The van der Waals surface area contributed by atoms with Crippen LogP contribution in [0.4, 0.5) is 26.3 Å². The van der Waals surface area contributed by atoms with Crippen LogP contribution in [0.5, 0.6) is 0 Å². The predicted octanol–water partition coefficient (Wildman–Crippen LogP) is 6.58. The first kappa shape index (κ1) is 25.3. The topological polar surface area (TPSA) is 38.1 Å². The first-order chi connectivity index (χ1) is 18.0. The fourth-order valence-electron chi connectivity index (χ4n) is 6.04. The van der Waals surface area contributed by atoms with Gasteiger partial charge < -0.3 is 9.97 Å². The number of para-hydroxylation sites is 1. The van der Waals surface area contributed by atoms with Crippen molar-refractivity contribution in [2.45, 2.75) is 44.1 Å². The number of rotatable bonds is 6. The van der Waals surface area contributed by atoms with Gasteiger partial charge in [-0.25, -0.2) is 0 Å². The lowest BCUT2D eigenvalue weighted by Crippen LogP contribution is -2.52. The third-order valence-electron chi connectivity index (χ3n) is 7.97. The summed E-state index contributed by atoms with van der Waals surface area (Å²) in [5.74, 6) is -4.78. The highest BCUT2D eigenvalue weighted by molar-refractivity contribution is 5.86. The van der Waals surface area contributed by atoms with Crippen molar-refractivity contribution < 1.29 is 26.3 Å². The van der Waals surface area contributed by atoms with Gasteiger partial charge in [-0.2, -0.15) is 22.0 Å². The summed E-state index contributed by atoms with van der Waals surface area (Å²) >= 11 is 0. The molecular weight excluding hydrogens is 506 g/mol. The van der Waals surface area contributed by atoms with Gasteiger partial charge in [0.2, 0.25) is 0 Å². The van der Waals surface area contributed by atoms with E-state index in [1.807, 2.05) is 42.5 Å². The number of nitrogens with one attached hydrogen (secondary N) is 2. The molecule has 2 aliphatic heterocycles. The molecule has 202 valence electrons. The summed E-state index contributed by atoms with van der Waals surface area (Å²) in [5.41, 5.74) is 4.85. The average Bonchev–Trinajstić information content (AvgIpc) is 3.40. The minimum Gasteiger partial charge on any atom is -0.357 e. The molecule has 1 fully saturated rings. The second-order valence-corrected chi connectivity index (χ2v) is 10.7. The second-order valence-electron chi connectivity index (χ2n) is 10.7. The summed E-state index contributed by atoms with van der Waals surface area (Å²) in [4.78, 5) is 10.1. The van der Waals surface area contributed by atoms with Crippen LogP contribution in [0.3, 0.4) is 0 Å². The van der Waals surface area contributed by atoms with Crippen molar-refractivity contribution in [3.63, 3.8) is 0 Å². The standard InChI is InChI=1S/C28H28F6N4/c1-16-8-22-21-4-2-3-5-24(21)36-25(22)26(38(16)15-27(30,31)28(32,33)34)18-6-7-23-19(9-18)10-20(35-23)14-37-12-17(11-29)13-37/h2-7,9-10,16-17,26,35-36H,8,11-15H2,1H3/t16-,26-/m1/s1. The maximum absolute atomic E-state index is 14.4. The number of benzene rings is 2. The lowest BCUT2D eigenvalue weighted by atomic mass is 9.88. The molecule has 2 aliphatic rings. The minimum absolute atomic E-state index is 0.0746. The van der Waals surface area contributed by atoms with Gasteiger partial charge in [-0.3, -0.25) is 14.2 Å². The van der Waals surface area contributed by atoms with E-state index in [9.17, 15) is 26.3 Å². The second kappa shape index (κ2) is 9.05. The maximum Gasteiger partial charge on any atom is 0.454 e. The quantitative estimate of drug-likeness (QED) is 0.274. The zero-order valence-electron chi connectivity index (χ0n) is 20.8. The van der Waals surface area contributed by atoms with Crippen LogP contribution in [-0.4, -0.2) is 64.2 Å². The lowest BCUT2D eigenvalue weighted by Gasteiger charge is -2.42. The molecular formula is C28H28F6N4. The predicted molar refractivity (Wildman–Crippen MR) is 134 cm³/mol. The molecule has 4 nitrogen and oxygen atoms in total. The van der Waals surface area contributed by atoms with Crippen molar-refractivity contribution in [2.75, 3.05) is 26.3 Å². The monoisotopic (exact) mass is 534 g/mol. The molecule has 10 heteroatoms. The van der Waals surface area contributed by atoms with E-state index in [0.717, 1.165) is 33.1 Å². The number of alkyl halides is 6. The number of likely N-dealkylation sites (tertiary alicyclic amines) is 1. The SMILES string of the molecule is C[C@@H]1Cc2c([nH]c3ccccc23)[C@@H](c2ccc3[nH]c(CN4CC(CF)C4)cc3c2)N1CC(F)(F)C(F)(F)F. The molecule has 2 N–H and O–H groups in total. The molecule has 1 saturated heterocycles. The van der Waals surface area contributed by atoms with Crippen molar-refractivity contribution in [1.82, 2.24) is 19.8 Å². The van der Waals surface area contributed by atoms with Crippen LogP contribution in [0.1, 0.15) is 35.5 Å². The molecule has 2 aromatic heterocycles. The Balaban J connectivity index is 1.40. The van der Waals surface area contributed by atoms with E-state index in [-0.39, 0.29) is 12.6 Å². The van der Waals surface area contributed by atoms with Crippen molar-refractivity contribution in [2.24, 2.45) is 5.92 Å². The van der Waals surface area contributed by atoms with Crippen molar-refractivity contribution >= 4 is 21.8 Å². The van der Waals surface area contributed by atoms with E-state index in [1.165, 1.54) is 4.90 Å². The highest BCUT2D eigenvalue weighted by atomic mass is 19.4. The average molecular weight is 535 g/mol. The van der Waals surface area contributed by atoms with Gasteiger partial charge in [0.25, 0.3) is 0 Å². The number of fused-ring (bicyclic) bond motifs is 4. The van der Waals surface area contributed by atoms with Crippen LogP contribution in [0.2, 0.25) is 0 Å². The number of aromatic nitrogens is 2. The Labute approximate surface area is 215 Å². The molecule has 0 amide bonds. The number of aromatic amines is 2. The summed E-state index contributed by atoms with van der Waals surface area (Å²) in [6.07, 6.45) is -5.29. The van der Waals surface area contributed by atoms with E-state index in [0.29, 0.717) is 37.3 Å². The molecule has 2 aromatic carbocycles.